The van der Waals surface area contributed by atoms with Crippen molar-refractivity contribution in [2.24, 2.45) is 0 Å². The molecule has 1 N–H and O–H groups in total. The summed E-state index contributed by atoms with van der Waals surface area (Å²) in [6, 6.07) is 0. The van der Waals surface area contributed by atoms with Gasteiger partial charge >= 0.3 is 0 Å². The highest BCUT2D eigenvalue weighted by atomic mass is 32.2. The van der Waals surface area contributed by atoms with Gasteiger partial charge in [0.2, 0.25) is 0 Å². The van der Waals surface area contributed by atoms with Crippen LogP contribution in [-0.4, -0.2) is 18.7 Å². The number of nitrogens with one attached hydrogen (secondary N) is 1. The monoisotopic (exact) mass is 159 g/mol. The molecule has 1 rings (SSSR count). The van der Waals surface area contributed by atoms with Crippen molar-refractivity contribution in [2.75, 3.05) is 0 Å². The largest absolute Gasteiger partial charge is 0.767 e. The molecule has 1 heterocycles. The van der Waals surface area contributed by atoms with E-state index in [9.17, 15) is 13.6 Å². The molecule has 6 heteroatoms. The van der Waals surface area contributed by atoms with Crippen molar-refractivity contribution in [1.82, 2.24) is 9.97 Å². The van der Waals surface area contributed by atoms with Gasteiger partial charge in [0, 0.05) is 6.20 Å². The normalized spacial score (nSPS) is 12.9. The molecule has 1 atom stereocenters. The van der Waals surface area contributed by atoms with Gasteiger partial charge in [-0.05, 0) is 11.1 Å². The average Bonchev–Trinajstić information content (AvgIpc) is 1.88. The van der Waals surface area contributed by atoms with E-state index in [4.69, 9.17) is 0 Å². The topological polar surface area (TPSA) is 85.9 Å². The third-order valence-corrected chi connectivity index (χ3v) is 1.38. The third-order valence-electron chi connectivity index (χ3n) is 0.818. The number of hydrogen-bond acceptors (Lipinski definition) is 4. The average molecular weight is 159 g/mol. The van der Waals surface area contributed by atoms with Crippen molar-refractivity contribution in [3.8, 4) is 0 Å². The molecule has 1 aromatic rings. The van der Waals surface area contributed by atoms with Gasteiger partial charge < -0.3 is 9.54 Å². The number of H-pyrrole nitrogens is 1. The molecule has 0 fully saturated rings. The molecule has 10 heavy (non-hydrogen) atoms. The van der Waals surface area contributed by atoms with Crippen molar-refractivity contribution in [2.45, 2.75) is 5.03 Å². The minimum Gasteiger partial charge on any atom is -0.767 e. The van der Waals surface area contributed by atoms with Crippen LogP contribution in [0.2, 0.25) is 0 Å². The highest BCUT2D eigenvalue weighted by Crippen LogP contribution is 1.90. The third kappa shape index (κ3) is 1.49. The zero-order valence-electron chi connectivity index (χ0n) is 4.73. The molecule has 0 aromatic carbocycles. The van der Waals surface area contributed by atoms with E-state index in [1.807, 2.05) is 0 Å². The van der Waals surface area contributed by atoms with E-state index in [-0.39, 0.29) is 5.03 Å². The summed E-state index contributed by atoms with van der Waals surface area (Å²) < 4.78 is 20.3. The number of hydrogen-bond donors (Lipinski definition) is 1. The lowest BCUT2D eigenvalue weighted by molar-refractivity contribution is 0.532. The minimum atomic E-state index is -2.37. The summed E-state index contributed by atoms with van der Waals surface area (Å²) in [6.45, 7) is 0. The first-order valence-corrected chi connectivity index (χ1v) is 3.41. The molecule has 0 saturated carbocycles. The van der Waals surface area contributed by atoms with Crippen LogP contribution in [0.15, 0.2) is 22.2 Å². The Labute approximate surface area is 58.4 Å². The van der Waals surface area contributed by atoms with Gasteiger partial charge in [0.1, 0.15) is 5.03 Å². The molecule has 54 valence electrons. The fourth-order valence-electron chi connectivity index (χ4n) is 0.421. The first-order valence-electron chi connectivity index (χ1n) is 2.34. The Kier molecular flexibility index (Phi) is 1.93. The lowest BCUT2D eigenvalue weighted by Gasteiger charge is -2.00. The maximum absolute atomic E-state index is 10.3. The summed E-state index contributed by atoms with van der Waals surface area (Å²) in [5.41, 5.74) is -0.422. The maximum Gasteiger partial charge on any atom is 0.266 e. The van der Waals surface area contributed by atoms with Crippen molar-refractivity contribution in [1.29, 1.82) is 0 Å². The molecule has 0 aliphatic heterocycles. The fraction of sp³-hybridized carbons (Fsp3) is 0. The Morgan fingerprint density at radius 1 is 1.70 bits per heavy atom. The summed E-state index contributed by atoms with van der Waals surface area (Å²) in [5, 5.41) is -0.167. The molecule has 0 aliphatic rings. The van der Waals surface area contributed by atoms with E-state index in [0.717, 1.165) is 12.4 Å². The van der Waals surface area contributed by atoms with Crippen LogP contribution in [0.4, 0.5) is 0 Å². The van der Waals surface area contributed by atoms with Gasteiger partial charge in [-0.15, -0.1) is 0 Å². The molecule has 0 aliphatic carbocycles. The molecular weight excluding hydrogens is 156 g/mol. The Morgan fingerprint density at radius 2 is 2.40 bits per heavy atom. The standard InChI is InChI=1S/C4H4N2O3S/c7-3-1-6-4(2-5-3)10(8)9/h1-2H,(H,5,7)(H,8,9)/p-1. The van der Waals surface area contributed by atoms with Crippen LogP contribution >= 0.6 is 0 Å². The van der Waals surface area contributed by atoms with Crippen molar-refractivity contribution >= 4 is 11.1 Å². The van der Waals surface area contributed by atoms with Crippen LogP contribution < -0.4 is 5.56 Å². The molecular formula is C4H3N2O3S-. The first kappa shape index (κ1) is 7.10. The van der Waals surface area contributed by atoms with E-state index in [0.29, 0.717) is 0 Å². The Hall–Kier alpha value is -1.01. The van der Waals surface area contributed by atoms with Gasteiger partial charge in [0.05, 0.1) is 6.20 Å². The highest BCUT2D eigenvalue weighted by molar-refractivity contribution is 7.79. The van der Waals surface area contributed by atoms with E-state index >= 15 is 0 Å². The number of aromatic amines is 1. The molecule has 0 radical (unpaired) electrons. The van der Waals surface area contributed by atoms with Crippen molar-refractivity contribution < 1.29 is 8.76 Å². The molecule has 5 nitrogen and oxygen atoms in total. The molecule has 0 amide bonds. The minimum absolute atomic E-state index is 0.167. The Balaban J connectivity index is 3.12. The summed E-state index contributed by atoms with van der Waals surface area (Å²) in [5.74, 6) is 0. The van der Waals surface area contributed by atoms with Crippen LogP contribution in [0.25, 0.3) is 0 Å². The van der Waals surface area contributed by atoms with Crippen LogP contribution in [0, 0.1) is 0 Å². The van der Waals surface area contributed by atoms with Gasteiger partial charge in [-0.1, -0.05) is 0 Å². The van der Waals surface area contributed by atoms with Crippen LogP contribution in [0.3, 0.4) is 0 Å². The zero-order chi connectivity index (χ0) is 7.56. The second-order valence-corrected chi connectivity index (χ2v) is 2.37. The molecule has 0 spiro atoms. The predicted octanol–water partition coefficient (Wildman–Crippen LogP) is -0.992. The van der Waals surface area contributed by atoms with E-state index < -0.39 is 16.6 Å². The Morgan fingerprint density at radius 3 is 2.80 bits per heavy atom. The quantitative estimate of drug-likeness (QED) is 0.533. The smallest absolute Gasteiger partial charge is 0.266 e. The van der Waals surface area contributed by atoms with Crippen molar-refractivity contribution in [3.05, 3.63) is 22.7 Å². The molecule has 0 saturated heterocycles. The lowest BCUT2D eigenvalue weighted by Crippen LogP contribution is -2.06. The van der Waals surface area contributed by atoms with Gasteiger partial charge in [0.25, 0.3) is 5.56 Å². The first-order chi connectivity index (χ1) is 4.70. The van der Waals surface area contributed by atoms with Gasteiger partial charge in [0.15, 0.2) is 0 Å². The predicted molar refractivity (Wildman–Crippen MR) is 32.0 cm³/mol. The maximum atomic E-state index is 10.3. The van der Waals surface area contributed by atoms with E-state index in [1.165, 1.54) is 0 Å². The summed E-state index contributed by atoms with van der Waals surface area (Å²) in [7, 11) is 0. The van der Waals surface area contributed by atoms with Gasteiger partial charge in [-0.3, -0.25) is 9.00 Å². The van der Waals surface area contributed by atoms with E-state index in [2.05, 4.69) is 9.97 Å². The molecule has 1 aromatic heterocycles. The SMILES string of the molecule is O=c1cnc(S(=O)[O-])c[nH]1. The highest BCUT2D eigenvalue weighted by Gasteiger charge is 1.90. The zero-order valence-corrected chi connectivity index (χ0v) is 5.55. The second-order valence-electron chi connectivity index (χ2n) is 1.48. The van der Waals surface area contributed by atoms with Gasteiger partial charge in [-0.2, -0.15) is 0 Å². The molecule has 0 bridgehead atoms. The van der Waals surface area contributed by atoms with Crippen LogP contribution in [0.5, 0.6) is 0 Å². The summed E-state index contributed by atoms with van der Waals surface area (Å²) in [6.07, 6.45) is 1.94. The number of rotatable bonds is 1. The number of nitrogens with zero attached hydrogens (tertiary/aromatic N) is 1. The fourth-order valence-corrected chi connectivity index (χ4v) is 0.715. The van der Waals surface area contributed by atoms with Gasteiger partial charge in [-0.25, -0.2) is 4.98 Å². The van der Waals surface area contributed by atoms with Crippen molar-refractivity contribution in [3.63, 3.8) is 0 Å². The summed E-state index contributed by atoms with van der Waals surface area (Å²) in [4.78, 5) is 15.8. The Bertz CT molecular complexity index is 287. The van der Waals surface area contributed by atoms with Crippen LogP contribution in [0.1, 0.15) is 0 Å². The van der Waals surface area contributed by atoms with E-state index in [1.54, 1.807) is 0 Å². The lowest BCUT2D eigenvalue weighted by atomic mass is 10.7. The molecule has 1 unspecified atom stereocenters. The number of aromatic nitrogens is 2. The summed E-state index contributed by atoms with van der Waals surface area (Å²) >= 11 is -2.37. The second kappa shape index (κ2) is 2.72. The van der Waals surface area contributed by atoms with Crippen LogP contribution in [-0.2, 0) is 11.1 Å².